The molecule has 0 saturated carbocycles. The van der Waals surface area contributed by atoms with Gasteiger partial charge in [0.15, 0.2) is 4.80 Å². The van der Waals surface area contributed by atoms with Gasteiger partial charge in [-0.2, -0.15) is 0 Å². The van der Waals surface area contributed by atoms with E-state index in [0.29, 0.717) is 38.9 Å². The molecule has 0 spiro atoms. The summed E-state index contributed by atoms with van der Waals surface area (Å²) in [5.74, 6) is 0.544. The molecule has 0 N–H and O–H groups in total. The zero-order chi connectivity index (χ0) is 32.2. The maximum absolute atomic E-state index is 14.2. The van der Waals surface area contributed by atoms with Gasteiger partial charge in [0.2, 0.25) is 0 Å². The molecule has 6 rings (SSSR count). The number of carbonyl (C=O) groups is 1. The van der Waals surface area contributed by atoms with Crippen LogP contribution in [0.3, 0.4) is 0 Å². The van der Waals surface area contributed by atoms with E-state index in [-0.39, 0.29) is 12.2 Å². The number of thiazole rings is 1. The molecule has 2 heterocycles. The molecule has 8 heteroatoms. The van der Waals surface area contributed by atoms with Crippen molar-refractivity contribution < 1.29 is 14.3 Å². The molecule has 0 unspecified atom stereocenters. The molecule has 1 atom stereocenters. The zero-order valence-electron chi connectivity index (χ0n) is 25.8. The Kier molecular flexibility index (Phi) is 9.47. The van der Waals surface area contributed by atoms with Crippen molar-refractivity contribution in [2.75, 3.05) is 6.61 Å². The maximum atomic E-state index is 14.2. The van der Waals surface area contributed by atoms with Gasteiger partial charge in [0, 0.05) is 10.0 Å². The van der Waals surface area contributed by atoms with Crippen molar-refractivity contribution in [2.45, 2.75) is 39.3 Å². The van der Waals surface area contributed by atoms with Crippen LogP contribution in [0.4, 0.5) is 0 Å². The van der Waals surface area contributed by atoms with Gasteiger partial charge in [-0.15, -0.1) is 0 Å². The van der Waals surface area contributed by atoms with Gasteiger partial charge in [0.25, 0.3) is 5.56 Å². The third-order valence-electron chi connectivity index (χ3n) is 7.77. The number of ether oxygens (including phenoxy) is 2. The summed E-state index contributed by atoms with van der Waals surface area (Å²) in [6.45, 7) is 6.67. The number of hydrogen-bond acceptors (Lipinski definition) is 6. The fraction of sp³-hybridized carbons (Fsp3) is 0.184. The summed E-state index contributed by atoms with van der Waals surface area (Å²) in [7, 11) is 0. The average Bonchev–Trinajstić information content (AvgIpc) is 3.38. The van der Waals surface area contributed by atoms with E-state index < -0.39 is 12.0 Å². The molecule has 1 aliphatic heterocycles. The smallest absolute Gasteiger partial charge is 0.338 e. The second-order valence-electron chi connectivity index (χ2n) is 11.2. The fourth-order valence-electron chi connectivity index (χ4n) is 5.41. The van der Waals surface area contributed by atoms with Crippen LogP contribution in [-0.2, 0) is 16.1 Å². The van der Waals surface area contributed by atoms with E-state index in [0.717, 1.165) is 26.7 Å². The lowest BCUT2D eigenvalue weighted by Gasteiger charge is -2.26. The summed E-state index contributed by atoms with van der Waals surface area (Å²) in [5, 5.41) is 0. The third-order valence-corrected chi connectivity index (χ3v) is 9.28. The Balaban J connectivity index is 1.47. The minimum absolute atomic E-state index is 0.202. The average molecular weight is 694 g/mol. The normalized spacial score (nSPS) is 14.6. The van der Waals surface area contributed by atoms with Gasteiger partial charge in [-0.25, -0.2) is 9.79 Å². The number of nitrogens with zero attached hydrogens (tertiary/aromatic N) is 2. The second-order valence-corrected chi connectivity index (χ2v) is 13.2. The van der Waals surface area contributed by atoms with E-state index in [9.17, 15) is 9.59 Å². The number of fused-ring (bicyclic) bond motifs is 1. The number of carbonyl (C=O) groups excluding carboxylic acids is 1. The lowest BCUT2D eigenvalue weighted by atomic mass is 9.91. The maximum Gasteiger partial charge on any atom is 0.338 e. The van der Waals surface area contributed by atoms with E-state index in [1.54, 1.807) is 11.5 Å². The highest BCUT2D eigenvalue weighted by atomic mass is 79.9. The monoisotopic (exact) mass is 692 g/mol. The van der Waals surface area contributed by atoms with Gasteiger partial charge in [0.1, 0.15) is 12.4 Å². The van der Waals surface area contributed by atoms with E-state index in [4.69, 9.17) is 14.5 Å². The molecule has 0 aliphatic carbocycles. The van der Waals surface area contributed by atoms with Crippen molar-refractivity contribution in [1.82, 2.24) is 4.57 Å². The van der Waals surface area contributed by atoms with Crippen LogP contribution in [0.15, 0.2) is 123 Å². The molecule has 0 amide bonds. The minimum Gasteiger partial charge on any atom is -0.489 e. The first-order valence-electron chi connectivity index (χ1n) is 15.2. The van der Waals surface area contributed by atoms with Gasteiger partial charge >= 0.3 is 5.97 Å². The summed E-state index contributed by atoms with van der Waals surface area (Å²) in [6, 6.07) is 32.6. The van der Waals surface area contributed by atoms with Crippen molar-refractivity contribution >= 4 is 45.0 Å². The van der Waals surface area contributed by atoms with E-state index in [1.807, 2.05) is 97.1 Å². The van der Waals surface area contributed by atoms with Gasteiger partial charge in [-0.3, -0.25) is 9.36 Å². The first kappa shape index (κ1) is 31.5. The molecule has 4 aromatic carbocycles. The number of halogens is 1. The summed E-state index contributed by atoms with van der Waals surface area (Å²) >= 11 is 4.77. The van der Waals surface area contributed by atoms with Crippen LogP contribution in [-0.4, -0.2) is 17.1 Å². The van der Waals surface area contributed by atoms with Crippen molar-refractivity contribution in [2.24, 2.45) is 4.99 Å². The van der Waals surface area contributed by atoms with Crippen molar-refractivity contribution in [3.8, 4) is 5.75 Å². The van der Waals surface area contributed by atoms with Crippen LogP contribution >= 0.6 is 27.3 Å². The van der Waals surface area contributed by atoms with Crippen molar-refractivity contribution in [3.05, 3.63) is 161 Å². The summed E-state index contributed by atoms with van der Waals surface area (Å²) in [6.07, 6.45) is 1.85. The predicted octanol–water partition coefficient (Wildman–Crippen LogP) is 7.40. The molecule has 232 valence electrons. The van der Waals surface area contributed by atoms with Crippen LogP contribution in [0.5, 0.6) is 5.75 Å². The number of benzene rings is 4. The lowest BCUT2D eigenvalue weighted by molar-refractivity contribution is -0.138. The quantitative estimate of drug-likeness (QED) is 0.151. The molecular formula is C38H33BrN2O4S. The van der Waals surface area contributed by atoms with Crippen LogP contribution < -0.4 is 19.6 Å². The van der Waals surface area contributed by atoms with Gasteiger partial charge < -0.3 is 9.47 Å². The Labute approximate surface area is 280 Å². The topological polar surface area (TPSA) is 69.9 Å². The molecule has 0 fully saturated rings. The van der Waals surface area contributed by atoms with Crippen LogP contribution in [0, 0.1) is 0 Å². The molecule has 0 bridgehead atoms. The first-order chi connectivity index (χ1) is 22.3. The Hall–Kier alpha value is -4.53. The molecule has 46 heavy (non-hydrogen) atoms. The van der Waals surface area contributed by atoms with E-state index in [2.05, 4.69) is 41.9 Å². The van der Waals surface area contributed by atoms with Crippen molar-refractivity contribution in [1.29, 1.82) is 0 Å². The van der Waals surface area contributed by atoms with Crippen LogP contribution in [0.1, 0.15) is 60.5 Å². The highest BCUT2D eigenvalue weighted by Crippen LogP contribution is 2.35. The first-order valence-corrected chi connectivity index (χ1v) is 16.8. The Morgan fingerprint density at radius 1 is 0.978 bits per heavy atom. The van der Waals surface area contributed by atoms with Crippen molar-refractivity contribution in [3.63, 3.8) is 0 Å². The molecule has 6 nitrogen and oxygen atoms in total. The van der Waals surface area contributed by atoms with Gasteiger partial charge in [0.05, 0.1) is 28.5 Å². The summed E-state index contributed by atoms with van der Waals surface area (Å²) in [5.41, 5.74) is 5.26. The van der Waals surface area contributed by atoms with Crippen LogP contribution in [0.25, 0.3) is 11.8 Å². The molecule has 1 aromatic heterocycles. The zero-order valence-corrected chi connectivity index (χ0v) is 28.2. The van der Waals surface area contributed by atoms with Gasteiger partial charge in [-0.05, 0) is 65.4 Å². The SMILES string of the molecule is CCOC(=O)C1=C(c2ccccc2)N=c2s/c(=C\c3cccc(OCc4ccc(Br)cc4)c3)c(=O)n2[C@H]1c1ccc(C(C)C)cc1. The second kappa shape index (κ2) is 13.8. The fourth-order valence-corrected chi connectivity index (χ4v) is 6.68. The molecule has 5 aromatic rings. The standard InChI is InChI=1S/C38H33BrN2O4S/c1-4-44-37(43)33-34(28-10-6-5-7-11-28)40-38-41(35(33)29-17-15-27(16-18-29)24(2)3)36(42)32(46-38)22-26-9-8-12-31(21-26)45-23-25-13-19-30(39)20-14-25/h5-22,24,35H,4,23H2,1-3H3/b32-22-/t35-/m0/s1. The number of aromatic nitrogens is 1. The molecule has 1 aliphatic rings. The van der Waals surface area contributed by atoms with Gasteiger partial charge in [-0.1, -0.05) is 120 Å². The Bertz CT molecular complexity index is 2080. The number of hydrogen-bond donors (Lipinski definition) is 0. The highest BCUT2D eigenvalue weighted by Gasteiger charge is 2.35. The molecule has 0 saturated heterocycles. The highest BCUT2D eigenvalue weighted by molar-refractivity contribution is 9.10. The van der Waals surface area contributed by atoms with Crippen LogP contribution in [0.2, 0.25) is 0 Å². The minimum atomic E-state index is -0.713. The Morgan fingerprint density at radius 3 is 2.41 bits per heavy atom. The largest absolute Gasteiger partial charge is 0.489 e. The molecule has 0 radical (unpaired) electrons. The number of esters is 1. The third kappa shape index (κ3) is 6.69. The summed E-state index contributed by atoms with van der Waals surface area (Å²) in [4.78, 5) is 33.4. The predicted molar refractivity (Wildman–Crippen MR) is 187 cm³/mol. The van der Waals surface area contributed by atoms with E-state index in [1.165, 1.54) is 16.9 Å². The Morgan fingerprint density at radius 2 is 1.72 bits per heavy atom. The molecular weight excluding hydrogens is 660 g/mol. The van der Waals surface area contributed by atoms with E-state index >= 15 is 0 Å². The number of rotatable bonds is 9. The summed E-state index contributed by atoms with van der Waals surface area (Å²) < 4.78 is 14.8. The lowest BCUT2D eigenvalue weighted by Crippen LogP contribution is -2.40.